The summed E-state index contributed by atoms with van der Waals surface area (Å²) in [6, 6.07) is 22.1. The average Bonchev–Trinajstić information content (AvgIpc) is 3.01. The van der Waals surface area contributed by atoms with Crippen LogP contribution in [0.3, 0.4) is 0 Å². The minimum atomic E-state index is -4.45. The number of rotatable bonds is 10. The fourth-order valence-electron chi connectivity index (χ4n) is 7.37. The van der Waals surface area contributed by atoms with Crippen LogP contribution in [0.5, 0.6) is 0 Å². The molecule has 4 aromatic carbocycles. The number of anilines is 3. The number of allylic oxidation sites excluding steroid dienone is 3. The minimum Gasteiger partial charge on any atom is -0.355 e. The van der Waals surface area contributed by atoms with Gasteiger partial charge in [0.2, 0.25) is 0 Å². The summed E-state index contributed by atoms with van der Waals surface area (Å²) in [5.74, 6) is -0.318. The van der Waals surface area contributed by atoms with Crippen LogP contribution in [-0.2, 0) is 16.5 Å². The maximum absolute atomic E-state index is 12.7. The Balaban J connectivity index is 1.58. The topological polar surface area (TPSA) is 78.4 Å². The van der Waals surface area contributed by atoms with Gasteiger partial charge in [-0.2, -0.15) is 8.42 Å². The number of nitrogens with one attached hydrogen (secondary N) is 2. The fourth-order valence-corrected chi connectivity index (χ4v) is 8.11. The number of benzene rings is 4. The van der Waals surface area contributed by atoms with Crippen molar-refractivity contribution in [3.63, 3.8) is 0 Å². The lowest BCUT2D eigenvalue weighted by Crippen LogP contribution is -2.20. The molecule has 0 heterocycles. The van der Waals surface area contributed by atoms with Crippen LogP contribution >= 0.6 is 0 Å². The van der Waals surface area contributed by atoms with Gasteiger partial charge >= 0.3 is 0 Å². The molecule has 5 rings (SSSR count). The summed E-state index contributed by atoms with van der Waals surface area (Å²) >= 11 is 0. The Labute approximate surface area is 281 Å². The van der Waals surface area contributed by atoms with Gasteiger partial charge in [-0.05, 0) is 129 Å². The first-order chi connectivity index (χ1) is 22.3. The SMILES string of the molecule is CCC1=C(Nc2c(C)cc(C)cc2C)C=CC(C(c2ccc(Nc3c(C)cc(C)cc3C)c(CC)c2)c2ccccc2S(=O)(=O)O)C1. The first-order valence-electron chi connectivity index (χ1n) is 16.6. The van der Waals surface area contributed by atoms with Crippen LogP contribution < -0.4 is 10.6 Å². The summed E-state index contributed by atoms with van der Waals surface area (Å²) in [6.07, 6.45) is 6.79. The summed E-state index contributed by atoms with van der Waals surface area (Å²) in [5, 5.41) is 7.43. The molecule has 0 saturated heterocycles. The smallest absolute Gasteiger partial charge is 0.294 e. The number of aryl methyl sites for hydroxylation is 7. The molecule has 47 heavy (non-hydrogen) atoms. The Hall–Kier alpha value is -4.13. The lowest BCUT2D eigenvalue weighted by molar-refractivity contribution is 0.477. The summed E-state index contributed by atoms with van der Waals surface area (Å²) in [6.45, 7) is 17.1. The third kappa shape index (κ3) is 7.39. The predicted octanol–water partition coefficient (Wildman–Crippen LogP) is 10.6. The number of hydrogen-bond donors (Lipinski definition) is 3. The minimum absolute atomic E-state index is 0.0243. The zero-order chi connectivity index (χ0) is 34.0. The van der Waals surface area contributed by atoms with E-state index >= 15 is 0 Å². The molecule has 0 saturated carbocycles. The van der Waals surface area contributed by atoms with Gasteiger partial charge in [0.15, 0.2) is 0 Å². The summed E-state index contributed by atoms with van der Waals surface area (Å²) in [5.41, 5.74) is 15.7. The Morgan fingerprint density at radius 1 is 0.766 bits per heavy atom. The molecule has 4 aromatic rings. The van der Waals surface area contributed by atoms with Crippen molar-refractivity contribution >= 4 is 27.2 Å². The molecule has 3 N–H and O–H groups in total. The second kappa shape index (κ2) is 13.9. The van der Waals surface area contributed by atoms with Crippen molar-refractivity contribution in [1.82, 2.24) is 0 Å². The van der Waals surface area contributed by atoms with E-state index in [4.69, 9.17) is 0 Å². The molecular weight excluding hydrogens is 601 g/mol. The molecule has 2 unspecified atom stereocenters. The highest BCUT2D eigenvalue weighted by molar-refractivity contribution is 7.85. The van der Waals surface area contributed by atoms with Crippen LogP contribution in [0.1, 0.15) is 82.7 Å². The van der Waals surface area contributed by atoms with Gasteiger partial charge in [0.05, 0.1) is 4.90 Å². The third-order valence-corrected chi connectivity index (χ3v) is 10.4. The Kier molecular flexibility index (Phi) is 10.1. The third-order valence-electron chi connectivity index (χ3n) is 9.50. The molecule has 1 aliphatic rings. The highest BCUT2D eigenvalue weighted by Crippen LogP contribution is 2.43. The van der Waals surface area contributed by atoms with Gasteiger partial charge in [-0.25, -0.2) is 0 Å². The standard InChI is InChI=1S/C41H48N2O3S/c1-9-31-23-33(15-17-36(31)42-40-27(5)19-25(3)20-28(40)6)39(35-13-11-12-14-38(35)47(44,45)46)34-16-18-37(32(10-2)24-34)43-41-29(7)21-26(4)22-30(41)8/h11-23,34,39,42-43H,9-10,24H2,1-8H3,(H,44,45,46). The van der Waals surface area contributed by atoms with Crippen molar-refractivity contribution in [3.05, 3.63) is 140 Å². The van der Waals surface area contributed by atoms with E-state index < -0.39 is 10.1 Å². The zero-order valence-corrected chi connectivity index (χ0v) is 29.8. The second-order valence-corrected chi connectivity index (χ2v) is 14.5. The molecule has 246 valence electrons. The monoisotopic (exact) mass is 648 g/mol. The first kappa shape index (κ1) is 34.2. The normalized spacial score (nSPS) is 15.6. The quantitative estimate of drug-likeness (QED) is 0.149. The molecule has 0 aliphatic heterocycles. The van der Waals surface area contributed by atoms with E-state index in [1.54, 1.807) is 6.07 Å². The van der Waals surface area contributed by atoms with Crippen LogP contribution in [0.15, 0.2) is 95.0 Å². The van der Waals surface area contributed by atoms with Gasteiger partial charge in [0.1, 0.15) is 0 Å². The molecule has 1 aliphatic carbocycles. The summed E-state index contributed by atoms with van der Waals surface area (Å²) < 4.78 is 35.8. The fraction of sp³-hybridized carbons (Fsp3) is 0.317. The molecule has 0 fully saturated rings. The molecule has 5 nitrogen and oxygen atoms in total. The largest absolute Gasteiger partial charge is 0.355 e. The van der Waals surface area contributed by atoms with Crippen LogP contribution in [-0.4, -0.2) is 13.0 Å². The van der Waals surface area contributed by atoms with Gasteiger partial charge in [-0.15, -0.1) is 0 Å². The van der Waals surface area contributed by atoms with Gasteiger partial charge < -0.3 is 10.6 Å². The van der Waals surface area contributed by atoms with Gasteiger partial charge in [-0.3, -0.25) is 4.55 Å². The molecule has 6 heteroatoms. The van der Waals surface area contributed by atoms with Gasteiger partial charge in [0, 0.05) is 28.7 Å². The maximum atomic E-state index is 12.7. The van der Waals surface area contributed by atoms with Crippen molar-refractivity contribution < 1.29 is 13.0 Å². The lowest BCUT2D eigenvalue weighted by atomic mass is 9.74. The van der Waals surface area contributed by atoms with Crippen molar-refractivity contribution in [3.8, 4) is 0 Å². The van der Waals surface area contributed by atoms with Crippen LogP contribution in [0.25, 0.3) is 0 Å². The van der Waals surface area contributed by atoms with Gasteiger partial charge in [0.25, 0.3) is 10.1 Å². The van der Waals surface area contributed by atoms with Crippen molar-refractivity contribution in [2.24, 2.45) is 5.92 Å². The van der Waals surface area contributed by atoms with E-state index in [1.807, 2.05) is 12.1 Å². The molecule has 0 radical (unpaired) electrons. The molecule has 0 aromatic heterocycles. The van der Waals surface area contributed by atoms with E-state index in [-0.39, 0.29) is 16.7 Å². The molecule has 0 spiro atoms. The lowest BCUT2D eigenvalue weighted by Gasteiger charge is -2.32. The van der Waals surface area contributed by atoms with E-state index in [0.29, 0.717) is 5.56 Å². The van der Waals surface area contributed by atoms with E-state index in [0.717, 1.165) is 53.1 Å². The predicted molar refractivity (Wildman–Crippen MR) is 197 cm³/mol. The number of hydrogen-bond acceptors (Lipinski definition) is 4. The second-order valence-electron chi connectivity index (χ2n) is 13.2. The van der Waals surface area contributed by atoms with Crippen LogP contribution in [0.2, 0.25) is 0 Å². The highest BCUT2D eigenvalue weighted by atomic mass is 32.2. The first-order valence-corrected chi connectivity index (χ1v) is 18.0. The molecule has 0 amide bonds. The Bertz CT molecular complexity index is 1940. The summed E-state index contributed by atoms with van der Waals surface area (Å²) in [7, 11) is -4.45. The molecule has 2 atom stereocenters. The van der Waals surface area contributed by atoms with Crippen molar-refractivity contribution in [1.29, 1.82) is 0 Å². The highest BCUT2D eigenvalue weighted by Gasteiger charge is 2.31. The summed E-state index contributed by atoms with van der Waals surface area (Å²) in [4.78, 5) is -0.0404. The Morgan fingerprint density at radius 2 is 1.34 bits per heavy atom. The van der Waals surface area contributed by atoms with Crippen molar-refractivity contribution in [2.75, 3.05) is 10.6 Å². The molecular formula is C41H48N2O3S. The van der Waals surface area contributed by atoms with E-state index in [1.165, 1.54) is 45.0 Å². The molecule has 0 bridgehead atoms. The van der Waals surface area contributed by atoms with Crippen LogP contribution in [0.4, 0.5) is 17.1 Å². The van der Waals surface area contributed by atoms with Crippen molar-refractivity contribution in [2.45, 2.75) is 85.5 Å². The van der Waals surface area contributed by atoms with E-state index in [9.17, 15) is 13.0 Å². The maximum Gasteiger partial charge on any atom is 0.294 e. The average molecular weight is 649 g/mol. The zero-order valence-electron chi connectivity index (χ0n) is 29.0. The Morgan fingerprint density at radius 3 is 1.89 bits per heavy atom. The van der Waals surface area contributed by atoms with Crippen LogP contribution in [0, 0.1) is 47.5 Å². The van der Waals surface area contributed by atoms with E-state index in [2.05, 4.69) is 121 Å². The van der Waals surface area contributed by atoms with Gasteiger partial charge in [-0.1, -0.05) is 85.6 Å².